The molecular weight excluding hydrogens is 440 g/mol. The molecule has 0 aromatic heterocycles. The Morgan fingerprint density at radius 1 is 0.438 bits per heavy atom. The molecule has 3 aromatic rings. The van der Waals surface area contributed by atoms with Crippen molar-refractivity contribution in [3.05, 3.63) is 117 Å². The SMILES string of the molecule is FC1=C(F)C(c2c(F)c(F)c(F)c(F)c2C2C(F)=C(F)c3ccccc32)c2ccccc21. The van der Waals surface area contributed by atoms with E-state index in [9.17, 15) is 26.3 Å². The maximum absolute atomic E-state index is 15.1. The van der Waals surface area contributed by atoms with Gasteiger partial charge in [-0.25, -0.2) is 35.1 Å². The van der Waals surface area contributed by atoms with Gasteiger partial charge in [-0.2, -0.15) is 0 Å². The summed E-state index contributed by atoms with van der Waals surface area (Å²) in [5, 5.41) is 0. The van der Waals surface area contributed by atoms with Gasteiger partial charge in [-0.1, -0.05) is 48.5 Å². The summed E-state index contributed by atoms with van der Waals surface area (Å²) in [5.41, 5.74) is -3.24. The first-order valence-corrected chi connectivity index (χ1v) is 9.40. The Hall–Kier alpha value is -3.42. The van der Waals surface area contributed by atoms with Crippen LogP contribution in [0, 0.1) is 23.3 Å². The highest BCUT2D eigenvalue weighted by Crippen LogP contribution is 2.54. The summed E-state index contributed by atoms with van der Waals surface area (Å²) in [4.78, 5) is 0. The number of hydrogen-bond acceptors (Lipinski definition) is 0. The van der Waals surface area contributed by atoms with Crippen LogP contribution >= 0.6 is 0 Å². The molecule has 8 heteroatoms. The van der Waals surface area contributed by atoms with E-state index in [1.165, 1.54) is 48.5 Å². The Labute approximate surface area is 176 Å². The summed E-state index contributed by atoms with van der Waals surface area (Å²) in [5.74, 6) is -18.5. The van der Waals surface area contributed by atoms with Crippen LogP contribution in [0.25, 0.3) is 11.7 Å². The number of hydrogen-bond donors (Lipinski definition) is 0. The Balaban J connectivity index is 1.88. The van der Waals surface area contributed by atoms with Crippen molar-refractivity contribution in [2.75, 3.05) is 0 Å². The van der Waals surface area contributed by atoms with Gasteiger partial charge in [0.15, 0.2) is 34.9 Å². The molecule has 2 aliphatic carbocycles. The smallest absolute Gasteiger partial charge is 0.197 e. The first-order chi connectivity index (χ1) is 15.3. The molecular formula is C24H10F8. The number of benzene rings is 3. The van der Waals surface area contributed by atoms with Crippen LogP contribution in [0.5, 0.6) is 0 Å². The molecule has 0 amide bonds. The highest BCUT2D eigenvalue weighted by atomic mass is 19.2. The molecule has 0 spiro atoms. The van der Waals surface area contributed by atoms with E-state index in [0.717, 1.165) is 0 Å². The average Bonchev–Trinajstić information content (AvgIpc) is 3.20. The lowest BCUT2D eigenvalue weighted by Gasteiger charge is -2.23. The molecule has 0 heterocycles. The Morgan fingerprint density at radius 2 is 0.781 bits per heavy atom. The van der Waals surface area contributed by atoms with Gasteiger partial charge in [0.2, 0.25) is 0 Å². The van der Waals surface area contributed by atoms with Crippen LogP contribution in [-0.2, 0) is 0 Å². The van der Waals surface area contributed by atoms with Crippen molar-refractivity contribution in [3.8, 4) is 0 Å². The van der Waals surface area contributed by atoms with E-state index in [1.807, 2.05) is 0 Å². The maximum atomic E-state index is 15.1. The number of allylic oxidation sites excluding steroid dienone is 2. The maximum Gasteiger partial charge on any atom is 0.197 e. The van der Waals surface area contributed by atoms with Crippen molar-refractivity contribution in [3.63, 3.8) is 0 Å². The summed E-state index contributed by atoms with van der Waals surface area (Å²) < 4.78 is 118. The third kappa shape index (κ3) is 2.55. The van der Waals surface area contributed by atoms with Gasteiger partial charge < -0.3 is 0 Å². The van der Waals surface area contributed by atoms with Crippen LogP contribution < -0.4 is 0 Å². The Morgan fingerprint density at radius 3 is 1.16 bits per heavy atom. The molecule has 0 saturated carbocycles. The molecule has 0 aliphatic heterocycles. The standard InChI is InChI=1S/C24H10F8/c25-17-11-7-3-1-5-9(11)13(19(17)27)15-16(22(30)24(32)23(31)21(15)29)14-10-6-2-4-8-12(10)18(26)20(14)28/h1-8,13-14H. The fourth-order valence-electron chi connectivity index (χ4n) is 4.48. The van der Waals surface area contributed by atoms with Crippen molar-refractivity contribution < 1.29 is 35.1 Å². The third-order valence-electron chi connectivity index (χ3n) is 5.86. The van der Waals surface area contributed by atoms with E-state index in [4.69, 9.17) is 0 Å². The monoisotopic (exact) mass is 450 g/mol. The lowest BCUT2D eigenvalue weighted by Crippen LogP contribution is -2.17. The highest BCUT2D eigenvalue weighted by Gasteiger charge is 2.44. The molecule has 0 nitrogen and oxygen atoms in total. The second-order valence-electron chi connectivity index (χ2n) is 7.45. The van der Waals surface area contributed by atoms with Gasteiger partial charge in [0.1, 0.15) is 11.7 Å². The number of fused-ring (bicyclic) bond motifs is 2. The Kier molecular flexibility index (Phi) is 4.51. The van der Waals surface area contributed by atoms with Crippen LogP contribution in [0.4, 0.5) is 35.1 Å². The second kappa shape index (κ2) is 7.05. The molecule has 2 aliphatic rings. The topological polar surface area (TPSA) is 0 Å². The zero-order chi connectivity index (χ0) is 22.9. The van der Waals surface area contributed by atoms with Gasteiger partial charge in [0.25, 0.3) is 0 Å². The summed E-state index contributed by atoms with van der Waals surface area (Å²) in [6.07, 6.45) is 0. The summed E-state index contributed by atoms with van der Waals surface area (Å²) in [6.45, 7) is 0. The van der Waals surface area contributed by atoms with Gasteiger partial charge in [0, 0.05) is 22.3 Å². The molecule has 2 atom stereocenters. The fourth-order valence-corrected chi connectivity index (χ4v) is 4.48. The second-order valence-corrected chi connectivity index (χ2v) is 7.45. The first kappa shape index (κ1) is 20.5. The molecule has 0 N–H and O–H groups in total. The van der Waals surface area contributed by atoms with Gasteiger partial charge in [-0.3, -0.25) is 0 Å². The van der Waals surface area contributed by atoms with E-state index in [2.05, 4.69) is 0 Å². The minimum atomic E-state index is -2.27. The first-order valence-electron chi connectivity index (χ1n) is 9.40. The molecule has 32 heavy (non-hydrogen) atoms. The average molecular weight is 450 g/mol. The van der Waals surface area contributed by atoms with Gasteiger partial charge in [0.05, 0.1) is 11.8 Å². The van der Waals surface area contributed by atoms with Crippen LogP contribution in [0.15, 0.2) is 60.2 Å². The zero-order valence-corrected chi connectivity index (χ0v) is 15.8. The van der Waals surface area contributed by atoms with Crippen molar-refractivity contribution in [2.24, 2.45) is 0 Å². The molecule has 5 rings (SSSR count). The summed E-state index contributed by atoms with van der Waals surface area (Å²) in [7, 11) is 0. The van der Waals surface area contributed by atoms with Crippen molar-refractivity contribution >= 4 is 11.7 Å². The van der Waals surface area contributed by atoms with Crippen molar-refractivity contribution in [1.29, 1.82) is 0 Å². The molecule has 0 fully saturated rings. The third-order valence-corrected chi connectivity index (χ3v) is 5.86. The van der Waals surface area contributed by atoms with E-state index in [1.54, 1.807) is 0 Å². The van der Waals surface area contributed by atoms with Gasteiger partial charge in [-0.15, -0.1) is 0 Å². The molecule has 0 saturated heterocycles. The van der Waals surface area contributed by atoms with E-state index in [0.29, 0.717) is 0 Å². The van der Waals surface area contributed by atoms with Crippen LogP contribution in [-0.4, -0.2) is 0 Å². The largest absolute Gasteiger partial charge is 0.208 e. The quantitative estimate of drug-likeness (QED) is 0.213. The predicted molar refractivity (Wildman–Crippen MR) is 101 cm³/mol. The minimum Gasteiger partial charge on any atom is -0.208 e. The van der Waals surface area contributed by atoms with Crippen LogP contribution in [0.2, 0.25) is 0 Å². The Bertz CT molecular complexity index is 1260. The minimum absolute atomic E-state index is 0.191. The number of halogens is 8. The fraction of sp³-hybridized carbons (Fsp3) is 0.0833. The lowest BCUT2D eigenvalue weighted by molar-refractivity contribution is 0.391. The van der Waals surface area contributed by atoms with E-state index < -0.39 is 69.5 Å². The summed E-state index contributed by atoms with van der Waals surface area (Å²) >= 11 is 0. The van der Waals surface area contributed by atoms with Gasteiger partial charge in [-0.05, 0) is 11.1 Å². The van der Waals surface area contributed by atoms with E-state index in [-0.39, 0.29) is 22.3 Å². The summed E-state index contributed by atoms with van der Waals surface area (Å²) in [6, 6.07) is 10.2. The molecule has 162 valence electrons. The lowest BCUT2D eigenvalue weighted by atomic mass is 9.81. The normalized spacial score (nSPS) is 19.6. The van der Waals surface area contributed by atoms with Crippen molar-refractivity contribution in [2.45, 2.75) is 11.8 Å². The van der Waals surface area contributed by atoms with Crippen molar-refractivity contribution in [1.82, 2.24) is 0 Å². The zero-order valence-electron chi connectivity index (χ0n) is 15.8. The van der Waals surface area contributed by atoms with Gasteiger partial charge >= 0.3 is 0 Å². The molecule has 2 unspecified atom stereocenters. The predicted octanol–water partition coefficient (Wildman–Crippen LogP) is 7.75. The highest BCUT2D eigenvalue weighted by molar-refractivity contribution is 5.77. The van der Waals surface area contributed by atoms with Crippen LogP contribution in [0.1, 0.15) is 45.2 Å². The van der Waals surface area contributed by atoms with E-state index >= 15 is 8.78 Å². The molecule has 3 aromatic carbocycles. The number of rotatable bonds is 2. The molecule has 0 radical (unpaired) electrons. The molecule has 0 bridgehead atoms. The van der Waals surface area contributed by atoms with Crippen LogP contribution in [0.3, 0.4) is 0 Å².